The Morgan fingerprint density at radius 2 is 1.94 bits per heavy atom. The second-order valence-electron chi connectivity index (χ2n) is 8.57. The van der Waals surface area contributed by atoms with E-state index in [1.54, 1.807) is 25.2 Å². The molecule has 0 saturated carbocycles. The van der Waals surface area contributed by atoms with Gasteiger partial charge in [-0.25, -0.2) is 14.2 Å². The quantitative estimate of drug-likeness (QED) is 0.604. The normalized spacial score (nSPS) is 20.0. The van der Waals surface area contributed by atoms with E-state index < -0.39 is 0 Å². The maximum absolute atomic E-state index is 14.3. The van der Waals surface area contributed by atoms with Crippen LogP contribution in [0.15, 0.2) is 35.1 Å². The molecule has 1 aliphatic rings. The molecule has 0 amide bonds. The fourth-order valence-electron chi connectivity index (χ4n) is 4.59. The molecular weight excluding hydrogens is 423 g/mol. The Labute approximate surface area is 191 Å². The summed E-state index contributed by atoms with van der Waals surface area (Å²) in [4.78, 5) is 25.7. The first kappa shape index (κ1) is 22.7. The van der Waals surface area contributed by atoms with Crippen LogP contribution in [0, 0.1) is 17.1 Å². The number of ether oxygens (including phenoxy) is 1. The average Bonchev–Trinajstić information content (AvgIpc) is 2.81. The topological polar surface area (TPSA) is 87.3 Å². The first-order valence-corrected chi connectivity index (χ1v) is 10.9. The molecule has 0 bridgehead atoms. The number of hydrogen-bond donors (Lipinski definition) is 0. The fraction of sp³-hybridized carbons (Fsp3) is 0.417. The lowest BCUT2D eigenvalue weighted by Crippen LogP contribution is -2.57. The lowest BCUT2D eigenvalue weighted by molar-refractivity contribution is 0.119. The van der Waals surface area contributed by atoms with Crippen LogP contribution >= 0.6 is 0 Å². The molecule has 0 N–H and O–H groups in total. The highest BCUT2D eigenvalue weighted by atomic mass is 19.1. The van der Waals surface area contributed by atoms with Gasteiger partial charge < -0.3 is 9.64 Å². The molecule has 1 saturated heterocycles. The van der Waals surface area contributed by atoms with Crippen molar-refractivity contribution >= 4 is 16.9 Å². The molecule has 0 radical (unpaired) electrons. The lowest BCUT2D eigenvalue weighted by atomic mass is 10.0. The number of rotatable bonds is 4. The summed E-state index contributed by atoms with van der Waals surface area (Å²) in [5, 5.41) is 9.32. The van der Waals surface area contributed by atoms with E-state index in [-0.39, 0.29) is 41.1 Å². The molecule has 1 aliphatic heterocycles. The van der Waals surface area contributed by atoms with Crippen LogP contribution in [0.4, 0.5) is 10.2 Å². The van der Waals surface area contributed by atoms with Gasteiger partial charge in [0.2, 0.25) is 0 Å². The van der Waals surface area contributed by atoms with Gasteiger partial charge in [0.05, 0.1) is 12.6 Å². The molecule has 2 aromatic heterocycles. The van der Waals surface area contributed by atoms with E-state index in [1.165, 1.54) is 17.7 Å². The zero-order valence-corrected chi connectivity index (χ0v) is 19.4. The molecule has 8 nitrogen and oxygen atoms in total. The number of hydrogen-bond acceptors (Lipinski definition) is 7. The van der Waals surface area contributed by atoms with Crippen LogP contribution in [0.25, 0.3) is 11.0 Å². The van der Waals surface area contributed by atoms with Crippen LogP contribution in [0.1, 0.15) is 38.1 Å². The van der Waals surface area contributed by atoms with Crippen molar-refractivity contribution in [3.63, 3.8) is 0 Å². The van der Waals surface area contributed by atoms with Gasteiger partial charge >= 0.3 is 5.69 Å². The maximum atomic E-state index is 14.3. The Balaban J connectivity index is 1.67. The first-order chi connectivity index (χ1) is 15.7. The summed E-state index contributed by atoms with van der Waals surface area (Å²) in [5.74, 6) is 0.341. The number of aromatic nitrogens is 3. The molecule has 0 aliphatic carbocycles. The smallest absolute Gasteiger partial charge is 0.349 e. The van der Waals surface area contributed by atoms with Crippen LogP contribution in [-0.2, 0) is 7.05 Å². The number of halogens is 1. The van der Waals surface area contributed by atoms with Crippen LogP contribution in [0.5, 0.6) is 5.75 Å². The van der Waals surface area contributed by atoms with Gasteiger partial charge in [-0.1, -0.05) is 6.07 Å². The number of fused-ring (bicyclic) bond motifs is 1. The minimum absolute atomic E-state index is 0.0123. The lowest BCUT2D eigenvalue weighted by Gasteiger charge is -2.47. The third kappa shape index (κ3) is 4.02. The molecule has 1 fully saturated rings. The largest absolute Gasteiger partial charge is 0.494 e. The standard InChI is InChI=1S/C24H27FN6O2/c1-14-13-31(23-22-20(29(4)24(32)28-23)8-7-18(11-26)27-22)15(2)12-30(14)16(3)17-6-9-21(33-5)19(25)10-17/h6-10,14-16H,12-13H2,1-5H3/t14-,15+,16?/m1/s1. The van der Waals surface area contributed by atoms with Crippen molar-refractivity contribution in [1.29, 1.82) is 5.26 Å². The van der Waals surface area contributed by atoms with Crippen molar-refractivity contribution in [3.8, 4) is 11.8 Å². The summed E-state index contributed by atoms with van der Waals surface area (Å²) >= 11 is 0. The summed E-state index contributed by atoms with van der Waals surface area (Å²) in [7, 11) is 3.10. The number of benzene rings is 1. The molecule has 3 heterocycles. The third-order valence-electron chi connectivity index (χ3n) is 6.51. The Kier molecular flexibility index (Phi) is 6.04. The highest BCUT2D eigenvalue weighted by molar-refractivity contribution is 5.86. The van der Waals surface area contributed by atoms with Gasteiger partial charge in [-0.05, 0) is 50.6 Å². The molecule has 9 heteroatoms. The van der Waals surface area contributed by atoms with Gasteiger partial charge in [0.15, 0.2) is 17.4 Å². The van der Waals surface area contributed by atoms with Crippen LogP contribution in [-0.4, -0.2) is 51.7 Å². The number of nitriles is 1. The van der Waals surface area contributed by atoms with Gasteiger partial charge in [-0.2, -0.15) is 10.2 Å². The molecule has 0 spiro atoms. The summed E-state index contributed by atoms with van der Waals surface area (Å²) in [6.45, 7) is 7.53. The Morgan fingerprint density at radius 3 is 2.61 bits per heavy atom. The van der Waals surface area contributed by atoms with Crippen molar-refractivity contribution in [2.24, 2.45) is 7.05 Å². The highest BCUT2D eigenvalue weighted by Gasteiger charge is 2.34. The second kappa shape index (κ2) is 8.79. The van der Waals surface area contributed by atoms with Crippen LogP contribution in [0.2, 0.25) is 0 Å². The summed E-state index contributed by atoms with van der Waals surface area (Å²) in [6.07, 6.45) is 0. The maximum Gasteiger partial charge on any atom is 0.349 e. The van der Waals surface area contributed by atoms with Crippen molar-refractivity contribution in [2.45, 2.75) is 38.9 Å². The van der Waals surface area contributed by atoms with Crippen LogP contribution < -0.4 is 15.3 Å². The van der Waals surface area contributed by atoms with Gasteiger partial charge in [0.25, 0.3) is 0 Å². The van der Waals surface area contributed by atoms with E-state index in [0.717, 1.165) is 5.56 Å². The monoisotopic (exact) mass is 450 g/mol. The highest BCUT2D eigenvalue weighted by Crippen LogP contribution is 2.32. The Bertz CT molecular complexity index is 1300. The molecule has 3 atom stereocenters. The summed E-state index contributed by atoms with van der Waals surface area (Å²) in [5.41, 5.74) is 1.95. The van der Waals surface area contributed by atoms with E-state index in [0.29, 0.717) is 29.9 Å². The minimum atomic E-state index is -0.378. The van der Waals surface area contributed by atoms with Crippen LogP contribution in [0.3, 0.4) is 0 Å². The van der Waals surface area contributed by atoms with E-state index in [1.807, 2.05) is 6.07 Å². The Hall–Kier alpha value is -3.51. The van der Waals surface area contributed by atoms with E-state index in [2.05, 4.69) is 46.6 Å². The SMILES string of the molecule is COc1ccc(C(C)N2C[C@H](C)N(c3nc(=O)n(C)c4ccc(C#N)nc34)C[C@H]2C)cc1F. The average molecular weight is 451 g/mol. The number of anilines is 1. The number of aryl methyl sites for hydroxylation is 1. The number of nitrogens with zero attached hydrogens (tertiary/aromatic N) is 6. The molecule has 172 valence electrons. The zero-order valence-electron chi connectivity index (χ0n) is 19.4. The molecule has 1 unspecified atom stereocenters. The van der Waals surface area contributed by atoms with Crippen molar-refractivity contribution in [1.82, 2.24) is 19.4 Å². The van der Waals surface area contributed by atoms with Gasteiger partial charge in [0, 0.05) is 38.3 Å². The fourth-order valence-corrected chi connectivity index (χ4v) is 4.59. The predicted molar refractivity (Wildman–Crippen MR) is 124 cm³/mol. The van der Waals surface area contributed by atoms with Gasteiger partial charge in [-0.15, -0.1) is 0 Å². The first-order valence-electron chi connectivity index (χ1n) is 10.9. The second-order valence-corrected chi connectivity index (χ2v) is 8.57. The van der Waals surface area contributed by atoms with E-state index >= 15 is 0 Å². The number of piperazine rings is 1. The molecule has 4 rings (SSSR count). The van der Waals surface area contributed by atoms with Gasteiger partial charge in [-0.3, -0.25) is 9.47 Å². The molecule has 3 aromatic rings. The van der Waals surface area contributed by atoms with Crippen molar-refractivity contribution < 1.29 is 9.13 Å². The molecule has 33 heavy (non-hydrogen) atoms. The third-order valence-corrected chi connectivity index (χ3v) is 6.51. The zero-order chi connectivity index (χ0) is 23.9. The minimum Gasteiger partial charge on any atom is -0.494 e. The number of pyridine rings is 1. The molecule has 1 aromatic carbocycles. The number of methoxy groups -OCH3 is 1. The van der Waals surface area contributed by atoms with E-state index in [9.17, 15) is 14.4 Å². The van der Waals surface area contributed by atoms with E-state index in [4.69, 9.17) is 4.74 Å². The molecular formula is C24H27FN6O2. The Morgan fingerprint density at radius 1 is 1.18 bits per heavy atom. The summed E-state index contributed by atoms with van der Waals surface area (Å²) < 4.78 is 20.8. The van der Waals surface area contributed by atoms with Gasteiger partial charge in [0.1, 0.15) is 17.3 Å². The summed E-state index contributed by atoms with van der Waals surface area (Å²) in [6, 6.07) is 10.6. The predicted octanol–water partition coefficient (Wildman–Crippen LogP) is 3.01. The van der Waals surface area contributed by atoms with Crippen molar-refractivity contribution in [3.05, 3.63) is 57.9 Å². The van der Waals surface area contributed by atoms with Crippen molar-refractivity contribution in [2.75, 3.05) is 25.1 Å².